The van der Waals surface area contributed by atoms with E-state index >= 15 is 0 Å². The fraction of sp³-hybridized carbons (Fsp3) is 0.278. The Hall–Kier alpha value is -2.08. The number of thiazole rings is 1. The van der Waals surface area contributed by atoms with Gasteiger partial charge in [0, 0.05) is 47.7 Å². The second-order valence-electron chi connectivity index (χ2n) is 6.53. The lowest BCUT2D eigenvalue weighted by Crippen LogP contribution is -2.50. The number of hydrogen-bond acceptors (Lipinski definition) is 7. The second kappa shape index (κ2) is 7.98. The van der Waals surface area contributed by atoms with E-state index in [1.54, 1.807) is 23.3 Å². The molecule has 0 N–H and O–H groups in total. The number of hydrogen-bond donors (Lipinski definition) is 0. The van der Waals surface area contributed by atoms with Crippen LogP contribution in [0.25, 0.3) is 10.6 Å². The van der Waals surface area contributed by atoms with E-state index in [-0.39, 0.29) is 42.9 Å². The third kappa shape index (κ3) is 4.13. The van der Waals surface area contributed by atoms with Gasteiger partial charge in [0.25, 0.3) is 15.9 Å². The molecule has 0 bridgehead atoms. The summed E-state index contributed by atoms with van der Waals surface area (Å²) in [4.78, 5) is 18.3. The molecule has 0 unspecified atom stereocenters. The average molecular weight is 497 g/mol. The molecule has 0 aliphatic carbocycles. The van der Waals surface area contributed by atoms with Gasteiger partial charge in [0.1, 0.15) is 5.01 Å². The Labute approximate surface area is 180 Å². The van der Waals surface area contributed by atoms with Crippen molar-refractivity contribution in [3.63, 3.8) is 0 Å². The second-order valence-corrected chi connectivity index (χ2v) is 10.2. The normalized spacial score (nSPS) is 15.6. The number of carbonyl (C=O) groups is 1. The first-order chi connectivity index (χ1) is 13.8. The van der Waals surface area contributed by atoms with Crippen LogP contribution in [0, 0.1) is 6.92 Å². The van der Waals surface area contributed by atoms with Gasteiger partial charge in [-0.2, -0.15) is 4.31 Å². The Bertz CT molecular complexity index is 1130. The van der Waals surface area contributed by atoms with E-state index in [0.29, 0.717) is 10.7 Å². The molecular formula is C18H17BrN4O4S2. The van der Waals surface area contributed by atoms with Crippen LogP contribution >= 0.6 is 27.3 Å². The Balaban J connectivity index is 1.45. The van der Waals surface area contributed by atoms with Gasteiger partial charge in [-0.3, -0.25) is 4.79 Å². The molecule has 1 fully saturated rings. The summed E-state index contributed by atoms with van der Waals surface area (Å²) in [6, 6.07) is 9.11. The summed E-state index contributed by atoms with van der Waals surface area (Å²) < 4.78 is 33.3. The zero-order valence-electron chi connectivity index (χ0n) is 15.4. The zero-order chi connectivity index (χ0) is 20.6. The van der Waals surface area contributed by atoms with Crippen LogP contribution in [0.4, 0.5) is 0 Å². The SMILES string of the molecule is Cc1cc(C(=O)N2CCN(S(=O)(=O)c3csc(-c4ccc(Br)cc4)n3)CC2)on1. The van der Waals surface area contributed by atoms with Crippen LogP contribution in [0.5, 0.6) is 0 Å². The Morgan fingerprint density at radius 3 is 2.48 bits per heavy atom. The lowest BCUT2D eigenvalue weighted by atomic mass is 10.2. The highest BCUT2D eigenvalue weighted by Gasteiger charge is 2.33. The highest BCUT2D eigenvalue weighted by molar-refractivity contribution is 9.10. The van der Waals surface area contributed by atoms with E-state index in [4.69, 9.17) is 4.52 Å². The average Bonchev–Trinajstić information content (AvgIpc) is 3.38. The number of piperazine rings is 1. The third-order valence-corrected chi connectivity index (χ3v) is 7.90. The predicted octanol–water partition coefficient (Wildman–Crippen LogP) is 3.02. The molecule has 8 nitrogen and oxygen atoms in total. The van der Waals surface area contributed by atoms with Crippen LogP contribution in [0.1, 0.15) is 16.2 Å². The van der Waals surface area contributed by atoms with Gasteiger partial charge in [0.15, 0.2) is 5.03 Å². The molecule has 0 spiro atoms. The van der Waals surface area contributed by atoms with Gasteiger partial charge in [-0.25, -0.2) is 13.4 Å². The van der Waals surface area contributed by atoms with Gasteiger partial charge < -0.3 is 9.42 Å². The van der Waals surface area contributed by atoms with Crippen molar-refractivity contribution in [2.24, 2.45) is 0 Å². The van der Waals surface area contributed by atoms with Gasteiger partial charge >= 0.3 is 0 Å². The molecular weight excluding hydrogens is 480 g/mol. The molecule has 3 aromatic rings. The number of aryl methyl sites for hydroxylation is 1. The maximum absolute atomic E-state index is 13.0. The first-order valence-corrected chi connectivity index (χ1v) is 11.9. The number of aromatic nitrogens is 2. The van der Waals surface area contributed by atoms with Crippen molar-refractivity contribution >= 4 is 43.2 Å². The molecule has 1 aromatic carbocycles. The molecule has 1 amide bonds. The fourth-order valence-electron chi connectivity index (χ4n) is 2.99. The van der Waals surface area contributed by atoms with Crippen molar-refractivity contribution in [3.8, 4) is 10.6 Å². The summed E-state index contributed by atoms with van der Waals surface area (Å²) >= 11 is 4.67. The van der Waals surface area contributed by atoms with Crippen LogP contribution < -0.4 is 0 Å². The molecule has 29 heavy (non-hydrogen) atoms. The molecule has 1 aliphatic rings. The van der Waals surface area contributed by atoms with Crippen molar-refractivity contribution in [1.29, 1.82) is 0 Å². The summed E-state index contributed by atoms with van der Waals surface area (Å²) in [5.41, 5.74) is 1.48. The number of sulfonamides is 1. The molecule has 3 heterocycles. The first kappa shape index (κ1) is 20.2. The lowest BCUT2D eigenvalue weighted by molar-refractivity contribution is 0.0656. The molecule has 4 rings (SSSR count). The van der Waals surface area contributed by atoms with Crippen molar-refractivity contribution < 1.29 is 17.7 Å². The zero-order valence-corrected chi connectivity index (χ0v) is 18.6. The highest BCUT2D eigenvalue weighted by atomic mass is 79.9. The van der Waals surface area contributed by atoms with E-state index in [0.717, 1.165) is 10.0 Å². The molecule has 11 heteroatoms. The summed E-state index contributed by atoms with van der Waals surface area (Å²) in [5.74, 6) is -0.119. The van der Waals surface area contributed by atoms with Gasteiger partial charge in [-0.05, 0) is 19.1 Å². The quantitative estimate of drug-likeness (QED) is 0.550. The van der Waals surface area contributed by atoms with E-state index in [2.05, 4.69) is 26.1 Å². The Kier molecular flexibility index (Phi) is 5.56. The summed E-state index contributed by atoms with van der Waals surface area (Å²) in [6.45, 7) is 2.70. The maximum atomic E-state index is 13.0. The molecule has 0 radical (unpaired) electrons. The van der Waals surface area contributed by atoms with Crippen LogP contribution in [0.3, 0.4) is 0 Å². The summed E-state index contributed by atoms with van der Waals surface area (Å²) in [5, 5.41) is 5.95. The molecule has 1 saturated heterocycles. The van der Waals surface area contributed by atoms with Gasteiger partial charge in [-0.1, -0.05) is 33.2 Å². The summed E-state index contributed by atoms with van der Waals surface area (Å²) in [6.07, 6.45) is 0. The summed E-state index contributed by atoms with van der Waals surface area (Å²) in [7, 11) is -3.72. The van der Waals surface area contributed by atoms with Crippen molar-refractivity contribution in [2.45, 2.75) is 11.9 Å². The monoisotopic (exact) mass is 496 g/mol. The van der Waals surface area contributed by atoms with Crippen LogP contribution in [0.2, 0.25) is 0 Å². The number of benzene rings is 1. The number of halogens is 1. The van der Waals surface area contributed by atoms with Gasteiger partial charge in [0.05, 0.1) is 5.69 Å². The van der Waals surface area contributed by atoms with Crippen molar-refractivity contribution in [1.82, 2.24) is 19.3 Å². The number of amides is 1. The van der Waals surface area contributed by atoms with Crippen molar-refractivity contribution in [3.05, 3.63) is 51.6 Å². The van der Waals surface area contributed by atoms with Gasteiger partial charge in [0.2, 0.25) is 5.76 Å². The molecule has 0 saturated carbocycles. The minimum Gasteiger partial charge on any atom is -0.351 e. The smallest absolute Gasteiger partial charge is 0.292 e. The Morgan fingerprint density at radius 1 is 1.17 bits per heavy atom. The topological polar surface area (TPSA) is 96.6 Å². The minimum atomic E-state index is -3.72. The third-order valence-electron chi connectivity index (χ3n) is 4.54. The van der Waals surface area contributed by atoms with E-state index in [9.17, 15) is 13.2 Å². The molecule has 1 aliphatic heterocycles. The van der Waals surface area contributed by atoms with Crippen LogP contribution in [0.15, 0.2) is 49.7 Å². The first-order valence-electron chi connectivity index (χ1n) is 8.79. The van der Waals surface area contributed by atoms with Crippen molar-refractivity contribution in [2.75, 3.05) is 26.2 Å². The van der Waals surface area contributed by atoms with Crippen LogP contribution in [-0.4, -0.2) is 59.8 Å². The van der Waals surface area contributed by atoms with E-state index in [1.165, 1.54) is 15.6 Å². The largest absolute Gasteiger partial charge is 0.351 e. The fourth-order valence-corrected chi connectivity index (χ4v) is 5.74. The number of rotatable bonds is 4. The highest BCUT2D eigenvalue weighted by Crippen LogP contribution is 2.28. The minimum absolute atomic E-state index is 0.0334. The molecule has 2 aromatic heterocycles. The maximum Gasteiger partial charge on any atom is 0.292 e. The standard InChI is InChI=1S/C18H17BrN4O4S2/c1-12-10-15(27-21-12)18(24)22-6-8-23(9-7-22)29(25,26)16-11-28-17(20-16)13-2-4-14(19)5-3-13/h2-5,10-11H,6-9H2,1H3. The van der Waals surface area contributed by atoms with E-state index in [1.807, 2.05) is 24.3 Å². The predicted molar refractivity (Wildman–Crippen MR) is 111 cm³/mol. The molecule has 0 atom stereocenters. The number of nitrogens with zero attached hydrogens (tertiary/aromatic N) is 4. The Morgan fingerprint density at radius 2 is 1.86 bits per heavy atom. The van der Waals surface area contributed by atoms with Gasteiger partial charge in [-0.15, -0.1) is 11.3 Å². The number of carbonyl (C=O) groups excluding carboxylic acids is 1. The van der Waals surface area contributed by atoms with Crippen LogP contribution in [-0.2, 0) is 10.0 Å². The van der Waals surface area contributed by atoms with E-state index < -0.39 is 10.0 Å². The lowest BCUT2D eigenvalue weighted by Gasteiger charge is -2.32. The molecule has 152 valence electrons.